The molecule has 0 N–H and O–H groups in total. The van der Waals surface area contributed by atoms with Crippen LogP contribution in [0.15, 0.2) is 29.3 Å². The van der Waals surface area contributed by atoms with E-state index < -0.39 is 0 Å². The number of methoxy groups -OCH3 is 2. The van der Waals surface area contributed by atoms with Gasteiger partial charge in [0.15, 0.2) is 11.5 Å². The molecule has 0 amide bonds. The van der Waals surface area contributed by atoms with Crippen LogP contribution in [0.1, 0.15) is 10.4 Å². The third-order valence-corrected chi connectivity index (χ3v) is 7.90. The SMILES string of the molecule is COc1ccc(N2CCN(CCn3cnc4sc5c(c4c3=O)CCN(C)C5)CC2)cc1OC. The maximum atomic E-state index is 13.2. The van der Waals surface area contributed by atoms with Crippen molar-refractivity contribution in [2.45, 2.75) is 19.5 Å². The van der Waals surface area contributed by atoms with Crippen LogP contribution in [0.5, 0.6) is 11.5 Å². The molecule has 2 aromatic heterocycles. The summed E-state index contributed by atoms with van der Waals surface area (Å²) >= 11 is 1.68. The van der Waals surface area contributed by atoms with Gasteiger partial charge in [-0.15, -0.1) is 11.3 Å². The second-order valence-electron chi connectivity index (χ2n) is 8.78. The summed E-state index contributed by atoms with van der Waals surface area (Å²) in [5.74, 6) is 1.50. The van der Waals surface area contributed by atoms with E-state index in [4.69, 9.17) is 9.47 Å². The molecule has 4 heterocycles. The fourth-order valence-electron chi connectivity index (χ4n) is 4.81. The molecule has 1 aromatic carbocycles. The molecule has 33 heavy (non-hydrogen) atoms. The van der Waals surface area contributed by atoms with Crippen LogP contribution in [0.3, 0.4) is 0 Å². The van der Waals surface area contributed by atoms with E-state index in [-0.39, 0.29) is 5.56 Å². The average molecular weight is 470 g/mol. The van der Waals surface area contributed by atoms with Gasteiger partial charge in [-0.1, -0.05) is 0 Å². The van der Waals surface area contributed by atoms with Gasteiger partial charge in [-0.05, 0) is 31.2 Å². The third-order valence-electron chi connectivity index (χ3n) is 6.78. The highest BCUT2D eigenvalue weighted by atomic mass is 32.1. The Morgan fingerprint density at radius 3 is 2.58 bits per heavy atom. The summed E-state index contributed by atoms with van der Waals surface area (Å²) in [4.78, 5) is 27.1. The number of nitrogens with zero attached hydrogens (tertiary/aromatic N) is 5. The van der Waals surface area contributed by atoms with E-state index in [1.165, 1.54) is 10.4 Å². The lowest BCUT2D eigenvalue weighted by molar-refractivity contribution is 0.247. The van der Waals surface area contributed by atoms with E-state index in [0.717, 1.165) is 79.6 Å². The highest BCUT2D eigenvalue weighted by molar-refractivity contribution is 7.18. The number of fused-ring (bicyclic) bond motifs is 3. The Bertz CT molecular complexity index is 1200. The first-order valence-electron chi connectivity index (χ1n) is 11.4. The summed E-state index contributed by atoms with van der Waals surface area (Å²) in [6.45, 7) is 7.22. The number of thiophene rings is 1. The standard InChI is InChI=1S/C24H31N5O3S/c1-26-7-6-18-21(15-26)33-23-22(18)24(30)29(16-25-23)13-10-27-8-11-28(12-9-27)17-4-5-19(31-2)20(14-17)32-3/h4-5,14,16H,6-13,15H2,1-3H3. The number of likely N-dealkylation sites (N-methyl/N-ethyl adjacent to an activating group) is 1. The number of hydrogen-bond acceptors (Lipinski definition) is 8. The Balaban J connectivity index is 1.23. The number of aromatic nitrogens is 2. The van der Waals surface area contributed by atoms with Crippen LogP contribution in [0.25, 0.3) is 10.2 Å². The van der Waals surface area contributed by atoms with Gasteiger partial charge in [0, 0.05) is 69.0 Å². The number of piperazine rings is 1. The van der Waals surface area contributed by atoms with Crippen LogP contribution in [0, 0.1) is 0 Å². The van der Waals surface area contributed by atoms with Crippen LogP contribution in [0.2, 0.25) is 0 Å². The number of hydrogen-bond donors (Lipinski definition) is 0. The van der Waals surface area contributed by atoms with Crippen molar-refractivity contribution in [2.24, 2.45) is 0 Å². The minimum absolute atomic E-state index is 0.117. The molecule has 9 heteroatoms. The van der Waals surface area contributed by atoms with Crippen molar-refractivity contribution in [3.05, 3.63) is 45.3 Å². The van der Waals surface area contributed by atoms with Crippen molar-refractivity contribution >= 4 is 27.2 Å². The summed E-state index contributed by atoms with van der Waals surface area (Å²) in [6, 6.07) is 6.07. The summed E-state index contributed by atoms with van der Waals surface area (Å²) < 4.78 is 12.6. The number of benzene rings is 1. The number of ether oxygens (including phenoxy) is 2. The monoisotopic (exact) mass is 469 g/mol. The fourth-order valence-corrected chi connectivity index (χ4v) is 6.06. The molecule has 1 fully saturated rings. The van der Waals surface area contributed by atoms with Gasteiger partial charge in [0.1, 0.15) is 4.83 Å². The molecule has 0 aliphatic carbocycles. The largest absolute Gasteiger partial charge is 0.493 e. The van der Waals surface area contributed by atoms with E-state index in [2.05, 4.69) is 32.8 Å². The minimum Gasteiger partial charge on any atom is -0.493 e. The molecule has 5 rings (SSSR count). The number of rotatable bonds is 6. The molecule has 3 aromatic rings. The molecule has 0 spiro atoms. The van der Waals surface area contributed by atoms with Gasteiger partial charge >= 0.3 is 0 Å². The van der Waals surface area contributed by atoms with E-state index in [1.54, 1.807) is 36.5 Å². The second-order valence-corrected chi connectivity index (χ2v) is 9.87. The summed E-state index contributed by atoms with van der Waals surface area (Å²) in [5.41, 5.74) is 2.49. The van der Waals surface area contributed by atoms with Crippen molar-refractivity contribution < 1.29 is 9.47 Å². The molecule has 0 saturated carbocycles. The predicted octanol–water partition coefficient (Wildman–Crippen LogP) is 2.29. The normalized spacial score (nSPS) is 17.4. The van der Waals surface area contributed by atoms with Crippen LogP contribution >= 0.6 is 11.3 Å². The van der Waals surface area contributed by atoms with Gasteiger partial charge in [0.05, 0.1) is 25.9 Å². The quantitative estimate of drug-likeness (QED) is 0.549. The highest BCUT2D eigenvalue weighted by Gasteiger charge is 2.23. The summed E-state index contributed by atoms with van der Waals surface area (Å²) in [7, 11) is 5.45. The molecule has 0 radical (unpaired) electrons. The second kappa shape index (κ2) is 9.32. The number of anilines is 1. The lowest BCUT2D eigenvalue weighted by Gasteiger charge is -2.36. The first-order valence-corrected chi connectivity index (χ1v) is 12.3. The summed E-state index contributed by atoms with van der Waals surface area (Å²) in [6.07, 6.45) is 2.67. The van der Waals surface area contributed by atoms with Gasteiger partial charge in [0.25, 0.3) is 5.56 Å². The Morgan fingerprint density at radius 2 is 1.82 bits per heavy atom. The van der Waals surface area contributed by atoms with Crippen molar-refractivity contribution in [1.82, 2.24) is 19.4 Å². The first kappa shape index (κ1) is 22.2. The fraction of sp³-hybridized carbons (Fsp3) is 0.500. The topological polar surface area (TPSA) is 63.1 Å². The zero-order valence-electron chi connectivity index (χ0n) is 19.5. The zero-order valence-corrected chi connectivity index (χ0v) is 20.4. The molecular formula is C24H31N5O3S. The summed E-state index contributed by atoms with van der Waals surface area (Å²) in [5, 5.41) is 0.851. The van der Waals surface area contributed by atoms with Gasteiger partial charge < -0.3 is 19.3 Å². The molecular weight excluding hydrogens is 438 g/mol. The lowest BCUT2D eigenvalue weighted by atomic mass is 10.1. The molecule has 0 bridgehead atoms. The Hall–Kier alpha value is -2.62. The van der Waals surface area contributed by atoms with E-state index in [9.17, 15) is 4.79 Å². The predicted molar refractivity (Wildman–Crippen MR) is 132 cm³/mol. The van der Waals surface area contributed by atoms with Crippen LogP contribution in [-0.2, 0) is 19.5 Å². The third kappa shape index (κ3) is 4.32. The van der Waals surface area contributed by atoms with Crippen molar-refractivity contribution in [3.8, 4) is 11.5 Å². The van der Waals surface area contributed by atoms with Gasteiger partial charge in [-0.2, -0.15) is 0 Å². The van der Waals surface area contributed by atoms with Gasteiger partial charge in [0.2, 0.25) is 0 Å². The van der Waals surface area contributed by atoms with Crippen LogP contribution < -0.4 is 19.9 Å². The molecule has 0 unspecified atom stereocenters. The molecule has 2 aliphatic rings. The molecule has 1 saturated heterocycles. The van der Waals surface area contributed by atoms with Crippen molar-refractivity contribution in [2.75, 3.05) is 65.4 Å². The Morgan fingerprint density at radius 1 is 1.03 bits per heavy atom. The smallest absolute Gasteiger partial charge is 0.262 e. The van der Waals surface area contributed by atoms with E-state index in [1.807, 2.05) is 12.1 Å². The van der Waals surface area contributed by atoms with Gasteiger partial charge in [-0.25, -0.2) is 4.98 Å². The lowest BCUT2D eigenvalue weighted by Crippen LogP contribution is -2.47. The highest BCUT2D eigenvalue weighted by Crippen LogP contribution is 2.32. The van der Waals surface area contributed by atoms with E-state index >= 15 is 0 Å². The van der Waals surface area contributed by atoms with Crippen molar-refractivity contribution in [3.63, 3.8) is 0 Å². The maximum Gasteiger partial charge on any atom is 0.262 e. The Labute approximate surface area is 197 Å². The zero-order chi connectivity index (χ0) is 22.9. The van der Waals surface area contributed by atoms with Crippen LogP contribution in [-0.4, -0.2) is 79.9 Å². The minimum atomic E-state index is 0.117. The Kier molecular flexibility index (Phi) is 6.27. The first-order chi connectivity index (χ1) is 16.1. The molecule has 0 atom stereocenters. The van der Waals surface area contributed by atoms with Gasteiger partial charge in [-0.3, -0.25) is 14.3 Å². The van der Waals surface area contributed by atoms with Crippen molar-refractivity contribution in [1.29, 1.82) is 0 Å². The average Bonchev–Trinajstić information content (AvgIpc) is 3.21. The molecule has 176 valence electrons. The molecule has 2 aliphatic heterocycles. The molecule has 8 nitrogen and oxygen atoms in total. The van der Waals surface area contributed by atoms with Crippen LogP contribution in [0.4, 0.5) is 5.69 Å². The van der Waals surface area contributed by atoms with E-state index in [0.29, 0.717) is 6.54 Å². The maximum absolute atomic E-state index is 13.2.